The predicted molar refractivity (Wildman–Crippen MR) is 100 cm³/mol. The van der Waals surface area contributed by atoms with E-state index in [1.54, 1.807) is 0 Å². The number of nitrogens with zero attached hydrogens (tertiary/aromatic N) is 1. The van der Waals surface area contributed by atoms with E-state index < -0.39 is 11.6 Å². The van der Waals surface area contributed by atoms with Crippen LogP contribution in [-0.2, 0) is 11.3 Å². The fourth-order valence-corrected chi connectivity index (χ4v) is 3.11. The molecule has 0 radical (unpaired) electrons. The van der Waals surface area contributed by atoms with Gasteiger partial charge in [-0.25, -0.2) is 8.78 Å². The maximum absolute atomic E-state index is 13.7. The first kappa shape index (κ1) is 21.6. The van der Waals surface area contributed by atoms with Crippen LogP contribution in [0.4, 0.5) is 8.78 Å². The Balaban J connectivity index is 0.00000312. The quantitative estimate of drug-likeness (QED) is 0.690. The smallest absolute Gasteiger partial charge is 0.131 e. The van der Waals surface area contributed by atoms with Gasteiger partial charge >= 0.3 is 0 Å². The lowest BCUT2D eigenvalue weighted by Crippen LogP contribution is -2.25. The summed E-state index contributed by atoms with van der Waals surface area (Å²) in [7, 11) is 4.02. The molecule has 138 valence electrons. The molecule has 0 heterocycles. The van der Waals surface area contributed by atoms with Crippen LogP contribution in [0.2, 0.25) is 0 Å². The van der Waals surface area contributed by atoms with Gasteiger partial charge in [-0.15, -0.1) is 12.4 Å². The molecule has 0 aliphatic carbocycles. The maximum Gasteiger partial charge on any atom is 0.131 e. The molecule has 0 aromatic heterocycles. The van der Waals surface area contributed by atoms with Crippen LogP contribution in [0.3, 0.4) is 0 Å². The number of hydrogen-bond acceptors (Lipinski definition) is 2. The lowest BCUT2D eigenvalue weighted by atomic mass is 9.91. The maximum atomic E-state index is 13.7. The van der Waals surface area contributed by atoms with Crippen LogP contribution in [-0.4, -0.2) is 32.1 Å². The second kappa shape index (κ2) is 9.85. The van der Waals surface area contributed by atoms with E-state index in [-0.39, 0.29) is 30.5 Å². The molecule has 2 rings (SSSR count). The Morgan fingerprint density at radius 3 is 2.00 bits per heavy atom. The van der Waals surface area contributed by atoms with Crippen molar-refractivity contribution in [1.82, 2.24) is 4.90 Å². The number of ether oxygens (including phenoxy) is 1. The van der Waals surface area contributed by atoms with Crippen molar-refractivity contribution >= 4 is 12.4 Å². The molecule has 0 N–H and O–H groups in total. The van der Waals surface area contributed by atoms with E-state index in [4.69, 9.17) is 4.74 Å². The predicted octanol–water partition coefficient (Wildman–Crippen LogP) is 4.87. The van der Waals surface area contributed by atoms with Crippen LogP contribution in [0, 0.1) is 25.5 Å². The van der Waals surface area contributed by atoms with Crippen LogP contribution in [0.1, 0.15) is 28.2 Å². The Bertz CT molecular complexity index is 651. The lowest BCUT2D eigenvalue weighted by molar-refractivity contribution is 0.0949. The molecular formula is C20H26ClF2NO. The standard InChI is InChI=1S/C20H25F2NO.ClH/c1-14-7-5-8-15(2)20(14)16(11-23(3)4)12-24-13-17-18(21)9-6-10-19(17)22;/h5-10,16H,11-13H2,1-4H3;1H. The van der Waals surface area contributed by atoms with Crippen molar-refractivity contribution < 1.29 is 13.5 Å². The van der Waals surface area contributed by atoms with Crippen molar-refractivity contribution in [3.8, 4) is 0 Å². The van der Waals surface area contributed by atoms with Crippen molar-refractivity contribution in [2.75, 3.05) is 27.2 Å². The molecule has 0 spiro atoms. The molecule has 0 saturated heterocycles. The number of halogens is 3. The molecule has 5 heteroatoms. The number of hydrogen-bond donors (Lipinski definition) is 0. The van der Waals surface area contributed by atoms with Gasteiger partial charge in [-0.1, -0.05) is 24.3 Å². The van der Waals surface area contributed by atoms with Gasteiger partial charge in [-0.2, -0.15) is 0 Å². The molecule has 2 aromatic carbocycles. The Morgan fingerprint density at radius 1 is 0.960 bits per heavy atom. The van der Waals surface area contributed by atoms with Gasteiger partial charge in [0.2, 0.25) is 0 Å². The molecule has 0 amide bonds. The van der Waals surface area contributed by atoms with E-state index in [2.05, 4.69) is 30.9 Å². The van der Waals surface area contributed by atoms with Crippen LogP contribution in [0.5, 0.6) is 0 Å². The van der Waals surface area contributed by atoms with Crippen LogP contribution < -0.4 is 0 Å². The topological polar surface area (TPSA) is 12.5 Å². The summed E-state index contributed by atoms with van der Waals surface area (Å²) in [6.45, 7) is 5.33. The fourth-order valence-electron chi connectivity index (χ4n) is 3.11. The van der Waals surface area contributed by atoms with Crippen LogP contribution in [0.15, 0.2) is 36.4 Å². The highest BCUT2D eigenvalue weighted by Gasteiger charge is 2.18. The molecule has 1 atom stereocenters. The monoisotopic (exact) mass is 369 g/mol. The third-order valence-electron chi connectivity index (χ3n) is 4.16. The van der Waals surface area contributed by atoms with E-state index in [1.807, 2.05) is 20.2 Å². The van der Waals surface area contributed by atoms with Gasteiger partial charge in [-0.3, -0.25) is 0 Å². The summed E-state index contributed by atoms with van der Waals surface area (Å²) in [5.41, 5.74) is 3.66. The first-order valence-electron chi connectivity index (χ1n) is 8.11. The fraction of sp³-hybridized carbons (Fsp3) is 0.400. The largest absolute Gasteiger partial charge is 0.376 e. The zero-order valence-corrected chi connectivity index (χ0v) is 16.0. The Labute approximate surface area is 155 Å². The van der Waals surface area contributed by atoms with Gasteiger partial charge in [0.25, 0.3) is 0 Å². The Kier molecular flexibility index (Phi) is 8.50. The van der Waals surface area contributed by atoms with Gasteiger partial charge in [0, 0.05) is 18.0 Å². The van der Waals surface area contributed by atoms with Gasteiger partial charge in [0.05, 0.1) is 13.2 Å². The summed E-state index contributed by atoms with van der Waals surface area (Å²) in [5.74, 6) is -0.978. The zero-order valence-electron chi connectivity index (χ0n) is 15.2. The van der Waals surface area contributed by atoms with E-state index in [1.165, 1.54) is 34.9 Å². The molecule has 1 unspecified atom stereocenters. The average Bonchev–Trinajstić information content (AvgIpc) is 2.49. The summed E-state index contributed by atoms with van der Waals surface area (Å²) >= 11 is 0. The number of rotatable bonds is 7. The number of likely N-dealkylation sites (N-methyl/N-ethyl adjacent to an activating group) is 1. The average molecular weight is 370 g/mol. The van der Waals surface area contributed by atoms with Crippen molar-refractivity contribution in [3.05, 3.63) is 70.3 Å². The Morgan fingerprint density at radius 2 is 1.48 bits per heavy atom. The number of benzene rings is 2. The highest BCUT2D eigenvalue weighted by Crippen LogP contribution is 2.25. The first-order valence-corrected chi connectivity index (χ1v) is 8.11. The molecular weight excluding hydrogens is 344 g/mol. The van der Waals surface area contributed by atoms with Gasteiger partial charge < -0.3 is 9.64 Å². The van der Waals surface area contributed by atoms with Crippen molar-refractivity contribution in [3.63, 3.8) is 0 Å². The third-order valence-corrected chi connectivity index (χ3v) is 4.16. The highest BCUT2D eigenvalue weighted by atomic mass is 35.5. The summed E-state index contributed by atoms with van der Waals surface area (Å²) in [6, 6.07) is 10.1. The van der Waals surface area contributed by atoms with E-state index >= 15 is 0 Å². The molecule has 0 saturated carbocycles. The minimum absolute atomic E-state index is 0. The van der Waals surface area contributed by atoms with E-state index in [9.17, 15) is 8.78 Å². The zero-order chi connectivity index (χ0) is 17.7. The summed E-state index contributed by atoms with van der Waals surface area (Å²) in [5, 5.41) is 0. The van der Waals surface area contributed by atoms with E-state index in [0.29, 0.717) is 6.61 Å². The lowest BCUT2D eigenvalue weighted by Gasteiger charge is -2.25. The molecule has 0 aliphatic rings. The minimum atomic E-state index is -0.564. The van der Waals surface area contributed by atoms with Crippen molar-refractivity contribution in [1.29, 1.82) is 0 Å². The normalized spacial score (nSPS) is 12.1. The molecule has 2 aromatic rings. The van der Waals surface area contributed by atoms with Crippen LogP contribution >= 0.6 is 12.4 Å². The summed E-state index contributed by atoms with van der Waals surface area (Å²) in [6.07, 6.45) is 0. The molecule has 0 fully saturated rings. The third kappa shape index (κ3) is 5.77. The molecule has 25 heavy (non-hydrogen) atoms. The van der Waals surface area contributed by atoms with Crippen molar-refractivity contribution in [2.24, 2.45) is 0 Å². The SMILES string of the molecule is Cc1cccc(C)c1C(COCc1c(F)cccc1F)CN(C)C.Cl. The van der Waals surface area contributed by atoms with Crippen LogP contribution in [0.25, 0.3) is 0 Å². The Hall–Kier alpha value is -1.49. The second-order valence-corrected chi connectivity index (χ2v) is 6.48. The van der Waals surface area contributed by atoms with Gasteiger partial charge in [0.1, 0.15) is 11.6 Å². The summed E-state index contributed by atoms with van der Waals surface area (Å²) in [4.78, 5) is 2.10. The number of aryl methyl sites for hydroxylation is 2. The summed E-state index contributed by atoms with van der Waals surface area (Å²) < 4.78 is 33.1. The minimum Gasteiger partial charge on any atom is -0.376 e. The van der Waals surface area contributed by atoms with Gasteiger partial charge in [0.15, 0.2) is 0 Å². The second-order valence-electron chi connectivity index (χ2n) is 6.48. The molecule has 2 nitrogen and oxygen atoms in total. The van der Waals surface area contributed by atoms with Gasteiger partial charge in [-0.05, 0) is 56.8 Å². The first-order chi connectivity index (χ1) is 11.4. The molecule has 0 aliphatic heterocycles. The molecule has 0 bridgehead atoms. The highest BCUT2D eigenvalue weighted by molar-refractivity contribution is 5.85. The van der Waals surface area contributed by atoms with E-state index in [0.717, 1.165) is 6.54 Å². The van der Waals surface area contributed by atoms with Crippen molar-refractivity contribution in [2.45, 2.75) is 26.4 Å².